The minimum Gasteiger partial charge on any atom is -0.488 e. The van der Waals surface area contributed by atoms with E-state index in [9.17, 15) is 0 Å². The molecule has 3 rings (SSSR count). The van der Waals surface area contributed by atoms with Crippen LogP contribution in [0.15, 0.2) is 48.5 Å². The summed E-state index contributed by atoms with van der Waals surface area (Å²) >= 11 is 0. The molecule has 1 unspecified atom stereocenters. The summed E-state index contributed by atoms with van der Waals surface area (Å²) in [4.78, 5) is 2.31. The second kappa shape index (κ2) is 5.45. The van der Waals surface area contributed by atoms with Crippen LogP contribution >= 0.6 is 0 Å². The molecule has 3 heteroatoms. The lowest BCUT2D eigenvalue weighted by molar-refractivity contribution is 0.237. The molecule has 0 fully saturated rings. The van der Waals surface area contributed by atoms with Gasteiger partial charge in [-0.2, -0.15) is 0 Å². The highest BCUT2D eigenvalue weighted by atomic mass is 16.5. The Kier molecular flexibility index (Phi) is 3.50. The Balaban J connectivity index is 1.71. The largest absolute Gasteiger partial charge is 0.488 e. The van der Waals surface area contributed by atoms with E-state index in [0.717, 1.165) is 36.6 Å². The zero-order valence-electron chi connectivity index (χ0n) is 11.8. The smallest absolute Gasteiger partial charge is 0.123 e. The van der Waals surface area contributed by atoms with E-state index in [4.69, 9.17) is 10.5 Å². The van der Waals surface area contributed by atoms with Crippen LogP contribution in [0, 0.1) is 0 Å². The normalized spacial score (nSPS) is 16.6. The molecule has 0 spiro atoms. The molecule has 2 aromatic carbocycles. The molecule has 1 aliphatic rings. The van der Waals surface area contributed by atoms with E-state index in [1.165, 1.54) is 5.56 Å². The van der Waals surface area contributed by atoms with Gasteiger partial charge in [0.05, 0.1) is 6.54 Å². The molecule has 0 aliphatic carbocycles. The van der Waals surface area contributed by atoms with Gasteiger partial charge in [-0.25, -0.2) is 0 Å². The number of nitrogen functional groups attached to an aromatic ring is 1. The van der Waals surface area contributed by atoms with Gasteiger partial charge in [0.25, 0.3) is 0 Å². The number of hydrogen-bond acceptors (Lipinski definition) is 3. The fraction of sp³-hybridized carbons (Fsp3) is 0.294. The molecule has 0 amide bonds. The zero-order chi connectivity index (χ0) is 13.9. The van der Waals surface area contributed by atoms with Crippen molar-refractivity contribution in [3.8, 4) is 5.75 Å². The molecule has 2 N–H and O–H groups in total. The highest BCUT2D eigenvalue weighted by molar-refractivity contribution is 5.56. The molecule has 2 aromatic rings. The van der Waals surface area contributed by atoms with Crippen molar-refractivity contribution in [2.75, 3.05) is 23.7 Å². The molecule has 1 heterocycles. The number of para-hydroxylation sites is 1. The van der Waals surface area contributed by atoms with Gasteiger partial charge in [-0.3, -0.25) is 0 Å². The predicted octanol–water partition coefficient (Wildman–Crippen LogP) is 3.10. The number of ether oxygens (including phenoxy) is 1. The van der Waals surface area contributed by atoms with Gasteiger partial charge in [-0.05, 0) is 36.8 Å². The van der Waals surface area contributed by atoms with E-state index in [0.29, 0.717) is 0 Å². The van der Waals surface area contributed by atoms with Crippen molar-refractivity contribution < 1.29 is 4.74 Å². The Morgan fingerprint density at radius 2 is 2.05 bits per heavy atom. The monoisotopic (exact) mass is 268 g/mol. The van der Waals surface area contributed by atoms with Crippen LogP contribution in [0.3, 0.4) is 0 Å². The number of rotatable bonds is 4. The topological polar surface area (TPSA) is 38.5 Å². The third-order valence-corrected chi connectivity index (χ3v) is 3.75. The lowest BCUT2D eigenvalue weighted by Crippen LogP contribution is -2.34. The average molecular weight is 268 g/mol. The summed E-state index contributed by atoms with van der Waals surface area (Å²) in [5.41, 5.74) is 9.14. The molecule has 0 saturated heterocycles. The predicted molar refractivity (Wildman–Crippen MR) is 83.3 cm³/mol. The van der Waals surface area contributed by atoms with Crippen LogP contribution in [-0.4, -0.2) is 19.2 Å². The highest BCUT2D eigenvalue weighted by Crippen LogP contribution is 2.29. The molecule has 0 saturated carbocycles. The Hall–Kier alpha value is -2.16. The number of nitrogens with zero attached hydrogens (tertiary/aromatic N) is 1. The minimum atomic E-state index is 0.216. The van der Waals surface area contributed by atoms with Crippen molar-refractivity contribution in [1.82, 2.24) is 0 Å². The lowest BCUT2D eigenvalue weighted by Gasteiger charge is -2.26. The lowest BCUT2D eigenvalue weighted by atomic mass is 10.1. The summed E-state index contributed by atoms with van der Waals surface area (Å²) in [7, 11) is 0. The number of nitrogens with two attached hydrogens (primary N) is 1. The van der Waals surface area contributed by atoms with E-state index in [1.807, 2.05) is 30.3 Å². The van der Waals surface area contributed by atoms with Crippen molar-refractivity contribution in [3.05, 3.63) is 54.1 Å². The van der Waals surface area contributed by atoms with Gasteiger partial charge in [0, 0.05) is 24.3 Å². The molecule has 1 atom stereocenters. The number of likely N-dealkylation sites (N-methyl/N-ethyl adjacent to an activating group) is 1. The number of anilines is 2. The van der Waals surface area contributed by atoms with E-state index < -0.39 is 0 Å². The van der Waals surface area contributed by atoms with Gasteiger partial charge in [0.2, 0.25) is 0 Å². The Morgan fingerprint density at radius 3 is 2.80 bits per heavy atom. The second-order valence-electron chi connectivity index (χ2n) is 5.19. The fourth-order valence-corrected chi connectivity index (χ4v) is 2.74. The molecule has 0 radical (unpaired) electrons. The Bertz CT molecular complexity index is 572. The standard InChI is InChI=1S/C17H20N2O/c1-2-19(15-8-5-7-14(18)11-15)12-16-10-13-6-3-4-9-17(13)20-16/h3-9,11,16H,2,10,12,18H2,1H3. The van der Waals surface area contributed by atoms with E-state index in [1.54, 1.807) is 0 Å². The first-order chi connectivity index (χ1) is 9.76. The van der Waals surface area contributed by atoms with E-state index in [-0.39, 0.29) is 6.10 Å². The number of benzene rings is 2. The summed E-state index contributed by atoms with van der Waals surface area (Å²) in [5.74, 6) is 1.03. The number of hydrogen-bond donors (Lipinski definition) is 1. The van der Waals surface area contributed by atoms with E-state index >= 15 is 0 Å². The van der Waals surface area contributed by atoms with Crippen LogP contribution in [0.1, 0.15) is 12.5 Å². The molecule has 0 aromatic heterocycles. The van der Waals surface area contributed by atoms with Gasteiger partial charge in [0.15, 0.2) is 0 Å². The average Bonchev–Trinajstić information content (AvgIpc) is 2.87. The van der Waals surface area contributed by atoms with E-state index in [2.05, 4.69) is 30.0 Å². The molecule has 0 bridgehead atoms. The fourth-order valence-electron chi connectivity index (χ4n) is 2.74. The van der Waals surface area contributed by atoms with Crippen LogP contribution in [0.25, 0.3) is 0 Å². The summed E-state index contributed by atoms with van der Waals surface area (Å²) < 4.78 is 6.02. The first kappa shape index (κ1) is 12.9. The van der Waals surface area contributed by atoms with Crippen molar-refractivity contribution in [2.24, 2.45) is 0 Å². The minimum absolute atomic E-state index is 0.216. The molecule has 3 nitrogen and oxygen atoms in total. The molecule has 1 aliphatic heterocycles. The highest BCUT2D eigenvalue weighted by Gasteiger charge is 2.24. The number of fused-ring (bicyclic) bond motifs is 1. The van der Waals surface area contributed by atoms with Crippen LogP contribution in [0.4, 0.5) is 11.4 Å². The maximum absolute atomic E-state index is 6.02. The van der Waals surface area contributed by atoms with Gasteiger partial charge in [0.1, 0.15) is 11.9 Å². The molecule has 104 valence electrons. The maximum Gasteiger partial charge on any atom is 0.123 e. The summed E-state index contributed by atoms with van der Waals surface area (Å²) in [5, 5.41) is 0. The first-order valence-corrected chi connectivity index (χ1v) is 7.11. The van der Waals surface area contributed by atoms with Crippen molar-refractivity contribution >= 4 is 11.4 Å². The van der Waals surface area contributed by atoms with Crippen LogP contribution in [-0.2, 0) is 6.42 Å². The summed E-state index contributed by atoms with van der Waals surface area (Å²) in [6.07, 6.45) is 1.20. The second-order valence-corrected chi connectivity index (χ2v) is 5.19. The van der Waals surface area contributed by atoms with Gasteiger partial charge >= 0.3 is 0 Å². The van der Waals surface area contributed by atoms with Crippen LogP contribution in [0.2, 0.25) is 0 Å². The van der Waals surface area contributed by atoms with Gasteiger partial charge in [-0.1, -0.05) is 24.3 Å². The van der Waals surface area contributed by atoms with Crippen molar-refractivity contribution in [2.45, 2.75) is 19.4 Å². The SMILES string of the molecule is CCN(CC1Cc2ccccc2O1)c1cccc(N)c1. The van der Waals surface area contributed by atoms with Gasteiger partial charge < -0.3 is 15.4 Å². The summed E-state index contributed by atoms with van der Waals surface area (Å²) in [6.45, 7) is 3.99. The third-order valence-electron chi connectivity index (χ3n) is 3.75. The molecule has 20 heavy (non-hydrogen) atoms. The van der Waals surface area contributed by atoms with Crippen molar-refractivity contribution in [1.29, 1.82) is 0 Å². The maximum atomic E-state index is 6.02. The van der Waals surface area contributed by atoms with Gasteiger partial charge in [-0.15, -0.1) is 0 Å². The van der Waals surface area contributed by atoms with Crippen LogP contribution < -0.4 is 15.4 Å². The zero-order valence-corrected chi connectivity index (χ0v) is 11.8. The molecular formula is C17H20N2O. The Labute approximate surface area is 120 Å². The molecular weight excluding hydrogens is 248 g/mol. The quantitative estimate of drug-likeness (QED) is 0.866. The third kappa shape index (κ3) is 2.57. The van der Waals surface area contributed by atoms with Crippen LogP contribution in [0.5, 0.6) is 5.75 Å². The van der Waals surface area contributed by atoms with Crippen molar-refractivity contribution in [3.63, 3.8) is 0 Å². The first-order valence-electron chi connectivity index (χ1n) is 7.11. The Morgan fingerprint density at radius 1 is 1.20 bits per heavy atom. The summed E-state index contributed by atoms with van der Waals surface area (Å²) in [6, 6.07) is 16.3.